The molecule has 0 spiro atoms. The lowest BCUT2D eigenvalue weighted by molar-refractivity contribution is 0.229. The quantitative estimate of drug-likeness (QED) is 0.863. The summed E-state index contributed by atoms with van der Waals surface area (Å²) in [7, 11) is 0. The summed E-state index contributed by atoms with van der Waals surface area (Å²) in [6.45, 7) is 8.19. The van der Waals surface area contributed by atoms with E-state index in [0.717, 1.165) is 6.42 Å². The first kappa shape index (κ1) is 14.1. The van der Waals surface area contributed by atoms with Gasteiger partial charge in [-0.1, -0.05) is 54.9 Å². The van der Waals surface area contributed by atoms with Gasteiger partial charge in [0.15, 0.2) is 0 Å². The van der Waals surface area contributed by atoms with Gasteiger partial charge in [0.2, 0.25) is 0 Å². The highest BCUT2D eigenvalue weighted by Crippen LogP contribution is 2.36. The monoisotopic (exact) mass is 309 g/mol. The average Bonchev–Trinajstić information content (AvgIpc) is 2.67. The van der Waals surface area contributed by atoms with Gasteiger partial charge in [0.25, 0.3) is 0 Å². The molecular weight excluding hydrogens is 286 g/mol. The van der Waals surface area contributed by atoms with E-state index < -0.39 is 0 Å². The van der Waals surface area contributed by atoms with E-state index in [4.69, 9.17) is 0 Å². The summed E-state index contributed by atoms with van der Waals surface area (Å²) in [4.78, 5) is 0. The first-order valence-corrected chi connectivity index (χ1v) is 7.68. The average molecular weight is 310 g/mol. The summed E-state index contributed by atoms with van der Waals surface area (Å²) >= 11 is 3.68. The largest absolute Gasteiger partial charge is 0.311 e. The predicted octanol–water partition coefficient (Wildman–Crippen LogP) is 4.55. The van der Waals surface area contributed by atoms with Gasteiger partial charge in [-0.05, 0) is 49.3 Å². The minimum Gasteiger partial charge on any atom is -0.311 e. The number of rotatable bonds is 3. The fourth-order valence-corrected chi connectivity index (χ4v) is 3.68. The third kappa shape index (κ3) is 3.58. The van der Waals surface area contributed by atoms with Gasteiger partial charge < -0.3 is 5.32 Å². The summed E-state index contributed by atoms with van der Waals surface area (Å²) < 4.78 is 1.24. The number of nitrogens with one attached hydrogen (secondary N) is 1. The van der Waals surface area contributed by atoms with Crippen molar-refractivity contribution in [2.24, 2.45) is 5.41 Å². The lowest BCUT2D eigenvalue weighted by Crippen LogP contribution is -2.45. The van der Waals surface area contributed by atoms with E-state index in [1.54, 1.807) is 0 Å². The number of hydrogen-bond donors (Lipinski definition) is 1. The molecule has 0 aromatic heterocycles. The van der Waals surface area contributed by atoms with Gasteiger partial charge >= 0.3 is 0 Å². The lowest BCUT2D eigenvalue weighted by atomic mass is 9.76. The van der Waals surface area contributed by atoms with Crippen LogP contribution in [0.25, 0.3) is 0 Å². The molecule has 1 heterocycles. The Balaban J connectivity index is 2.19. The summed E-state index contributed by atoms with van der Waals surface area (Å²) in [6.07, 6.45) is 4.97. The predicted molar refractivity (Wildman–Crippen MR) is 81.9 cm³/mol. The standard InChI is InChI=1S/C16H24BrN/c1-15(2,3)12-16(9-6-10-18-16)11-13-7-4-5-8-14(13)17/h4-5,7-8,18H,6,9-12H2,1-3H3. The molecule has 0 saturated carbocycles. The molecule has 1 aliphatic rings. The highest BCUT2D eigenvalue weighted by molar-refractivity contribution is 9.10. The molecular formula is C16H24BrN. The van der Waals surface area contributed by atoms with Gasteiger partial charge in [0.05, 0.1) is 0 Å². The Hall–Kier alpha value is -0.340. The Morgan fingerprint density at radius 1 is 1.28 bits per heavy atom. The molecule has 1 N–H and O–H groups in total. The molecule has 0 bridgehead atoms. The molecule has 1 aromatic rings. The van der Waals surface area contributed by atoms with E-state index in [-0.39, 0.29) is 0 Å². The number of halogens is 1. The SMILES string of the molecule is CC(C)(C)CC1(Cc2ccccc2Br)CCCN1. The molecule has 18 heavy (non-hydrogen) atoms. The van der Waals surface area contributed by atoms with Gasteiger partial charge in [-0.3, -0.25) is 0 Å². The smallest absolute Gasteiger partial charge is 0.0227 e. The van der Waals surface area contributed by atoms with Crippen molar-refractivity contribution in [1.29, 1.82) is 0 Å². The van der Waals surface area contributed by atoms with E-state index in [0.29, 0.717) is 11.0 Å². The van der Waals surface area contributed by atoms with Crippen LogP contribution in [-0.2, 0) is 6.42 Å². The second-order valence-corrected chi connectivity index (χ2v) is 7.67. The molecule has 100 valence electrons. The Morgan fingerprint density at radius 3 is 2.56 bits per heavy atom. The van der Waals surface area contributed by atoms with Crippen molar-refractivity contribution in [3.63, 3.8) is 0 Å². The van der Waals surface area contributed by atoms with Crippen molar-refractivity contribution in [2.75, 3.05) is 6.54 Å². The van der Waals surface area contributed by atoms with Crippen LogP contribution < -0.4 is 5.32 Å². The molecule has 0 radical (unpaired) electrons. The van der Waals surface area contributed by atoms with Crippen molar-refractivity contribution >= 4 is 15.9 Å². The highest BCUT2D eigenvalue weighted by Gasteiger charge is 2.37. The highest BCUT2D eigenvalue weighted by atomic mass is 79.9. The molecule has 1 unspecified atom stereocenters. The Bertz CT molecular complexity index is 400. The Kier molecular flexibility index (Phi) is 4.18. The molecule has 0 aliphatic carbocycles. The second-order valence-electron chi connectivity index (χ2n) is 6.82. The van der Waals surface area contributed by atoms with E-state index in [2.05, 4.69) is 66.3 Å². The fraction of sp³-hybridized carbons (Fsp3) is 0.625. The molecule has 1 saturated heterocycles. The number of hydrogen-bond acceptors (Lipinski definition) is 1. The van der Waals surface area contributed by atoms with E-state index >= 15 is 0 Å². The zero-order chi connectivity index (χ0) is 13.2. The van der Waals surface area contributed by atoms with E-state index in [9.17, 15) is 0 Å². The van der Waals surface area contributed by atoms with Crippen molar-refractivity contribution in [2.45, 2.75) is 52.0 Å². The normalized spacial score (nSPS) is 24.4. The van der Waals surface area contributed by atoms with Crippen LogP contribution >= 0.6 is 15.9 Å². The van der Waals surface area contributed by atoms with Crippen LogP contribution in [0.3, 0.4) is 0 Å². The van der Waals surface area contributed by atoms with Crippen molar-refractivity contribution < 1.29 is 0 Å². The molecule has 1 aliphatic heterocycles. The third-order valence-corrected chi connectivity index (χ3v) is 4.46. The second kappa shape index (κ2) is 5.34. The maximum Gasteiger partial charge on any atom is 0.0227 e. The maximum absolute atomic E-state index is 3.78. The zero-order valence-electron chi connectivity index (χ0n) is 11.7. The van der Waals surface area contributed by atoms with Gasteiger partial charge in [-0.15, -0.1) is 0 Å². The minimum absolute atomic E-state index is 0.294. The fourth-order valence-electron chi connectivity index (χ4n) is 3.25. The topological polar surface area (TPSA) is 12.0 Å². The zero-order valence-corrected chi connectivity index (χ0v) is 13.3. The van der Waals surface area contributed by atoms with Gasteiger partial charge in [0, 0.05) is 10.0 Å². The molecule has 2 heteroatoms. The summed E-state index contributed by atoms with van der Waals surface area (Å²) in [5.74, 6) is 0. The van der Waals surface area contributed by atoms with Gasteiger partial charge in [-0.25, -0.2) is 0 Å². The van der Waals surface area contributed by atoms with Crippen LogP contribution in [-0.4, -0.2) is 12.1 Å². The summed E-state index contributed by atoms with van der Waals surface area (Å²) in [5, 5.41) is 3.78. The van der Waals surface area contributed by atoms with Crippen LogP contribution in [0.15, 0.2) is 28.7 Å². The van der Waals surface area contributed by atoms with E-state index in [1.165, 1.54) is 35.8 Å². The lowest BCUT2D eigenvalue weighted by Gasteiger charge is -2.36. The molecule has 2 rings (SSSR count). The third-order valence-electron chi connectivity index (χ3n) is 3.69. The number of benzene rings is 1. The molecule has 1 nitrogen and oxygen atoms in total. The summed E-state index contributed by atoms with van der Waals surface area (Å²) in [6, 6.07) is 8.62. The minimum atomic E-state index is 0.294. The van der Waals surface area contributed by atoms with Crippen molar-refractivity contribution in [3.8, 4) is 0 Å². The van der Waals surface area contributed by atoms with Crippen molar-refractivity contribution in [1.82, 2.24) is 5.32 Å². The molecule has 0 amide bonds. The van der Waals surface area contributed by atoms with Crippen LogP contribution in [0.4, 0.5) is 0 Å². The Morgan fingerprint density at radius 2 is 2.00 bits per heavy atom. The van der Waals surface area contributed by atoms with Crippen LogP contribution in [0.2, 0.25) is 0 Å². The van der Waals surface area contributed by atoms with Crippen LogP contribution in [0.5, 0.6) is 0 Å². The first-order valence-electron chi connectivity index (χ1n) is 6.89. The Labute approximate surface area is 119 Å². The van der Waals surface area contributed by atoms with Gasteiger partial charge in [-0.2, -0.15) is 0 Å². The summed E-state index contributed by atoms with van der Waals surface area (Å²) in [5.41, 5.74) is 2.09. The van der Waals surface area contributed by atoms with Crippen LogP contribution in [0, 0.1) is 5.41 Å². The van der Waals surface area contributed by atoms with E-state index in [1.807, 2.05) is 0 Å². The van der Waals surface area contributed by atoms with Crippen LogP contribution in [0.1, 0.15) is 45.6 Å². The molecule has 1 fully saturated rings. The molecule has 1 aromatic carbocycles. The van der Waals surface area contributed by atoms with Gasteiger partial charge in [0.1, 0.15) is 0 Å². The van der Waals surface area contributed by atoms with Crippen molar-refractivity contribution in [3.05, 3.63) is 34.3 Å². The maximum atomic E-state index is 3.78. The molecule has 1 atom stereocenters. The first-order chi connectivity index (χ1) is 8.40.